The molecule has 1 aromatic rings. The molecule has 0 N–H and O–H groups in total. The number of aryl methyl sites for hydroxylation is 1. The van der Waals surface area contributed by atoms with Crippen LogP contribution in [0.2, 0.25) is 0 Å². The maximum atomic E-state index is 4.99. The Labute approximate surface area is 152 Å². The largest absolute Gasteiger partial charge is 0.371 e. The highest BCUT2D eigenvalue weighted by Crippen LogP contribution is 2.34. The first-order chi connectivity index (χ1) is 12.3. The van der Waals surface area contributed by atoms with Crippen LogP contribution in [0.3, 0.4) is 0 Å². The van der Waals surface area contributed by atoms with Gasteiger partial charge in [-0.15, -0.1) is 11.3 Å². The van der Waals surface area contributed by atoms with E-state index in [0.717, 1.165) is 11.2 Å². The van der Waals surface area contributed by atoms with Gasteiger partial charge in [-0.1, -0.05) is 0 Å². The van der Waals surface area contributed by atoms with Crippen LogP contribution in [-0.2, 0) is 0 Å². The predicted molar refractivity (Wildman–Crippen MR) is 107 cm³/mol. The van der Waals surface area contributed by atoms with Crippen molar-refractivity contribution < 1.29 is 0 Å². The first-order valence-electron chi connectivity index (χ1n) is 9.46. The zero-order valence-corrected chi connectivity index (χ0v) is 15.6. The van der Waals surface area contributed by atoms with Crippen molar-refractivity contribution in [3.05, 3.63) is 41.3 Å². The summed E-state index contributed by atoms with van der Waals surface area (Å²) in [5.41, 5.74) is 4.95. The Morgan fingerprint density at radius 1 is 1.00 bits per heavy atom. The summed E-state index contributed by atoms with van der Waals surface area (Å²) in [5, 5.41) is 1.36. The minimum absolute atomic E-state index is 1.12. The smallest absolute Gasteiger partial charge is 0.201 e. The molecular formula is C21H24N3S+. The first-order valence-corrected chi connectivity index (χ1v) is 10.3. The molecule has 0 radical (unpaired) electrons. The summed E-state index contributed by atoms with van der Waals surface area (Å²) < 4.78 is 3.82. The van der Waals surface area contributed by atoms with Gasteiger partial charge in [-0.25, -0.2) is 9.56 Å². The van der Waals surface area contributed by atoms with Gasteiger partial charge in [0, 0.05) is 43.8 Å². The van der Waals surface area contributed by atoms with Gasteiger partial charge in [-0.2, -0.15) is 0 Å². The number of rotatable bonds is 1. The fraction of sp³-hybridized carbons (Fsp3) is 0.429. The molecule has 0 spiro atoms. The van der Waals surface area contributed by atoms with E-state index in [-0.39, 0.29) is 0 Å². The molecule has 4 heteroatoms. The minimum atomic E-state index is 1.12. The standard InChI is InChI=1S/C21H24N3S/c1-15-12-17(24-10-4-5-11-24)14-20-21(15)22-18-7-6-16(13-19(18)25-20)23-8-2-3-9-23/h6-7,12-14H,2-5,8-11H2,1H3/q+1. The maximum Gasteiger partial charge on any atom is 0.201 e. The minimum Gasteiger partial charge on any atom is -0.371 e. The lowest BCUT2D eigenvalue weighted by Crippen LogP contribution is -2.26. The van der Waals surface area contributed by atoms with Crippen LogP contribution in [0.5, 0.6) is 0 Å². The molecule has 2 fully saturated rings. The van der Waals surface area contributed by atoms with Crippen LogP contribution in [0.1, 0.15) is 31.2 Å². The summed E-state index contributed by atoms with van der Waals surface area (Å²) in [6, 6.07) is 11.5. The van der Waals surface area contributed by atoms with Gasteiger partial charge in [-0.05, 0) is 43.5 Å². The van der Waals surface area contributed by atoms with Crippen molar-refractivity contribution in [1.29, 1.82) is 0 Å². The SMILES string of the molecule is Cc1cc(N2CCCC2)cc2sc3cc(=[N+]4CCCC4)ccc-3nc12. The number of hydrogen-bond acceptors (Lipinski definition) is 3. The Bertz CT molecular complexity index is 974. The van der Waals surface area contributed by atoms with Crippen LogP contribution in [0.25, 0.3) is 20.8 Å². The molecular weight excluding hydrogens is 326 g/mol. The number of nitrogens with zero attached hydrogens (tertiary/aromatic N) is 3. The zero-order chi connectivity index (χ0) is 16.8. The molecule has 25 heavy (non-hydrogen) atoms. The van der Waals surface area contributed by atoms with E-state index in [1.54, 1.807) is 0 Å². The number of aromatic nitrogens is 1. The van der Waals surface area contributed by atoms with E-state index in [9.17, 15) is 0 Å². The fourth-order valence-corrected chi connectivity index (χ4v) is 5.31. The maximum absolute atomic E-state index is 4.99. The van der Waals surface area contributed by atoms with Gasteiger partial charge in [0.2, 0.25) is 5.36 Å². The van der Waals surface area contributed by atoms with Gasteiger partial charge in [0.15, 0.2) is 0 Å². The monoisotopic (exact) mass is 350 g/mol. The third-order valence-electron chi connectivity index (χ3n) is 5.59. The summed E-state index contributed by atoms with van der Waals surface area (Å²) in [6.45, 7) is 6.96. The molecule has 128 valence electrons. The molecule has 0 saturated carbocycles. The molecule has 3 aliphatic heterocycles. The van der Waals surface area contributed by atoms with Gasteiger partial charge < -0.3 is 4.90 Å². The topological polar surface area (TPSA) is 19.1 Å². The van der Waals surface area contributed by atoms with Crippen LogP contribution in [0.15, 0.2) is 30.3 Å². The van der Waals surface area contributed by atoms with Crippen LogP contribution in [-0.4, -0.2) is 31.2 Å². The second kappa shape index (κ2) is 6.10. The van der Waals surface area contributed by atoms with Gasteiger partial charge >= 0.3 is 0 Å². The van der Waals surface area contributed by atoms with Crippen LogP contribution < -0.4 is 14.8 Å². The summed E-state index contributed by atoms with van der Waals surface area (Å²) in [4.78, 5) is 8.80. The molecule has 2 saturated heterocycles. The van der Waals surface area contributed by atoms with E-state index in [2.05, 4.69) is 46.7 Å². The molecule has 1 aliphatic carbocycles. The zero-order valence-electron chi connectivity index (χ0n) is 14.8. The second-order valence-corrected chi connectivity index (χ2v) is 8.45. The van der Waals surface area contributed by atoms with E-state index in [4.69, 9.17) is 4.98 Å². The lowest BCUT2D eigenvalue weighted by atomic mass is 10.1. The lowest BCUT2D eigenvalue weighted by Gasteiger charge is -2.19. The van der Waals surface area contributed by atoms with Gasteiger partial charge in [0.25, 0.3) is 0 Å². The summed E-state index contributed by atoms with van der Waals surface area (Å²) in [7, 11) is 0. The van der Waals surface area contributed by atoms with E-state index < -0.39 is 0 Å². The van der Waals surface area contributed by atoms with Crippen molar-refractivity contribution in [2.24, 2.45) is 0 Å². The van der Waals surface area contributed by atoms with Crippen molar-refractivity contribution in [1.82, 2.24) is 9.56 Å². The highest BCUT2D eigenvalue weighted by molar-refractivity contribution is 7.21. The molecule has 1 aromatic carbocycles. The molecule has 4 aliphatic rings. The molecule has 0 unspecified atom stereocenters. The Hall–Kier alpha value is -1.94. The predicted octanol–water partition coefficient (Wildman–Crippen LogP) is 3.88. The first kappa shape index (κ1) is 15.3. The molecule has 0 amide bonds. The number of benzene rings is 2. The third-order valence-corrected chi connectivity index (χ3v) is 6.67. The third kappa shape index (κ3) is 2.73. The van der Waals surface area contributed by atoms with E-state index in [1.165, 1.54) is 78.0 Å². The highest BCUT2D eigenvalue weighted by Gasteiger charge is 2.18. The van der Waals surface area contributed by atoms with Crippen LogP contribution >= 0.6 is 11.3 Å². The normalized spacial score (nSPS) is 18.0. The van der Waals surface area contributed by atoms with E-state index in [0.29, 0.717) is 0 Å². The van der Waals surface area contributed by atoms with Gasteiger partial charge in [0.1, 0.15) is 13.1 Å². The summed E-state index contributed by atoms with van der Waals surface area (Å²) in [5.74, 6) is 0. The van der Waals surface area contributed by atoms with Crippen LogP contribution in [0, 0.1) is 6.92 Å². The Kier molecular flexibility index (Phi) is 3.74. The van der Waals surface area contributed by atoms with Crippen molar-refractivity contribution in [3.8, 4) is 10.6 Å². The second-order valence-electron chi connectivity index (χ2n) is 7.36. The van der Waals surface area contributed by atoms with Crippen molar-refractivity contribution in [2.75, 3.05) is 31.1 Å². The van der Waals surface area contributed by atoms with Gasteiger partial charge in [0.05, 0.1) is 20.8 Å². The van der Waals surface area contributed by atoms with Crippen molar-refractivity contribution >= 4 is 27.2 Å². The molecule has 0 bridgehead atoms. The average Bonchev–Trinajstić information content (AvgIpc) is 3.33. The quantitative estimate of drug-likeness (QED) is 0.490. The lowest BCUT2D eigenvalue weighted by molar-refractivity contribution is 0.694. The molecule has 5 rings (SSSR count). The van der Waals surface area contributed by atoms with Crippen LogP contribution in [0.4, 0.5) is 5.69 Å². The molecule has 0 aromatic heterocycles. The number of fused-ring (bicyclic) bond motifs is 2. The summed E-state index contributed by atoms with van der Waals surface area (Å²) >= 11 is 1.90. The number of anilines is 1. The van der Waals surface area contributed by atoms with Gasteiger partial charge in [-0.3, -0.25) is 0 Å². The fourth-order valence-electron chi connectivity index (χ4n) is 4.20. The van der Waals surface area contributed by atoms with E-state index in [1.807, 2.05) is 11.3 Å². The molecule has 3 nitrogen and oxygen atoms in total. The molecule has 3 heterocycles. The van der Waals surface area contributed by atoms with Crippen molar-refractivity contribution in [3.63, 3.8) is 0 Å². The Morgan fingerprint density at radius 2 is 1.80 bits per heavy atom. The number of hydrogen-bond donors (Lipinski definition) is 0. The van der Waals surface area contributed by atoms with Crippen molar-refractivity contribution in [2.45, 2.75) is 32.6 Å². The highest BCUT2D eigenvalue weighted by atomic mass is 32.1. The Balaban J connectivity index is 1.70. The van der Waals surface area contributed by atoms with E-state index >= 15 is 0 Å². The average molecular weight is 351 g/mol. The Morgan fingerprint density at radius 3 is 2.60 bits per heavy atom. The molecule has 0 atom stereocenters. The summed E-state index contributed by atoms with van der Waals surface area (Å²) in [6.07, 6.45) is 5.26.